The van der Waals surface area contributed by atoms with E-state index >= 15 is 0 Å². The smallest absolute Gasteiger partial charge is 0.148 e. The number of ether oxygens (including phenoxy) is 1. The van der Waals surface area contributed by atoms with Crippen LogP contribution in [-0.4, -0.2) is 13.7 Å². The number of methoxy groups -OCH3 is 1. The van der Waals surface area contributed by atoms with E-state index in [4.69, 9.17) is 10.5 Å². The van der Waals surface area contributed by atoms with Gasteiger partial charge in [-0.15, -0.1) is 0 Å². The molecule has 16 heavy (non-hydrogen) atoms. The Bertz CT molecular complexity index is 395. The molecule has 1 fully saturated rings. The summed E-state index contributed by atoms with van der Waals surface area (Å²) in [4.78, 5) is 0. The van der Waals surface area contributed by atoms with Gasteiger partial charge in [-0.1, -0.05) is 6.92 Å². The average molecular weight is 224 g/mol. The lowest BCUT2D eigenvalue weighted by molar-refractivity contribution is 0.416. The molecule has 0 radical (unpaired) electrons. The second kappa shape index (κ2) is 4.20. The van der Waals surface area contributed by atoms with E-state index in [0.717, 1.165) is 12.5 Å². The van der Waals surface area contributed by atoms with E-state index in [1.165, 1.54) is 19.6 Å². The summed E-state index contributed by atoms with van der Waals surface area (Å²) in [5, 5.41) is 3.10. The van der Waals surface area contributed by atoms with Crippen molar-refractivity contribution >= 4 is 11.4 Å². The van der Waals surface area contributed by atoms with Gasteiger partial charge in [-0.05, 0) is 18.3 Å². The average Bonchev–Trinajstić information content (AvgIpc) is 2.93. The largest absolute Gasteiger partial charge is 0.495 e. The van der Waals surface area contributed by atoms with Crippen molar-refractivity contribution in [1.82, 2.24) is 0 Å². The van der Waals surface area contributed by atoms with Crippen LogP contribution < -0.4 is 15.8 Å². The molecule has 1 saturated carbocycles. The summed E-state index contributed by atoms with van der Waals surface area (Å²) in [6, 6.07) is 2.90. The Morgan fingerprint density at radius 3 is 2.81 bits per heavy atom. The van der Waals surface area contributed by atoms with Gasteiger partial charge in [-0.25, -0.2) is 4.39 Å². The third kappa shape index (κ3) is 2.21. The molecule has 0 aliphatic heterocycles. The zero-order valence-corrected chi connectivity index (χ0v) is 9.59. The summed E-state index contributed by atoms with van der Waals surface area (Å²) in [6.45, 7) is 3.01. The molecule has 4 heteroatoms. The van der Waals surface area contributed by atoms with Crippen molar-refractivity contribution in [3.8, 4) is 5.75 Å². The highest BCUT2D eigenvalue weighted by atomic mass is 19.1. The quantitative estimate of drug-likeness (QED) is 0.772. The number of benzene rings is 1. The summed E-state index contributed by atoms with van der Waals surface area (Å²) in [5.74, 6) is 1.61. The van der Waals surface area contributed by atoms with E-state index in [2.05, 4.69) is 12.2 Å². The number of rotatable bonds is 4. The SMILES string of the molecule is COc1cc(NCC2CC2C)c(F)cc1N. The second-order valence-electron chi connectivity index (χ2n) is 4.43. The Hall–Kier alpha value is -1.45. The zero-order valence-electron chi connectivity index (χ0n) is 9.59. The van der Waals surface area contributed by atoms with Gasteiger partial charge in [0.05, 0.1) is 18.5 Å². The molecule has 88 valence electrons. The van der Waals surface area contributed by atoms with Crippen molar-refractivity contribution in [2.75, 3.05) is 24.7 Å². The molecule has 1 aromatic rings. The van der Waals surface area contributed by atoms with Crippen LogP contribution in [0.1, 0.15) is 13.3 Å². The van der Waals surface area contributed by atoms with Gasteiger partial charge in [-0.2, -0.15) is 0 Å². The van der Waals surface area contributed by atoms with E-state index in [9.17, 15) is 4.39 Å². The molecule has 1 aliphatic rings. The standard InChI is InChI=1S/C12H17FN2O/c1-7-3-8(7)6-15-11-5-12(16-2)10(14)4-9(11)13/h4-5,7-8,15H,3,6,14H2,1-2H3. The maximum Gasteiger partial charge on any atom is 0.148 e. The number of halogens is 1. The first-order valence-electron chi connectivity index (χ1n) is 5.48. The normalized spacial score (nSPS) is 22.9. The maximum absolute atomic E-state index is 13.5. The van der Waals surface area contributed by atoms with Gasteiger partial charge in [0.2, 0.25) is 0 Å². The van der Waals surface area contributed by atoms with Crippen LogP contribution in [0.5, 0.6) is 5.75 Å². The van der Waals surface area contributed by atoms with Crippen LogP contribution in [0.2, 0.25) is 0 Å². The summed E-state index contributed by atoms with van der Waals surface area (Å²) < 4.78 is 18.6. The molecule has 0 bridgehead atoms. The molecule has 0 saturated heterocycles. The maximum atomic E-state index is 13.5. The third-order valence-electron chi connectivity index (χ3n) is 3.15. The van der Waals surface area contributed by atoms with Gasteiger partial charge in [-0.3, -0.25) is 0 Å². The molecule has 1 aliphatic carbocycles. The highest BCUT2D eigenvalue weighted by molar-refractivity contribution is 5.62. The Labute approximate surface area is 94.8 Å². The number of hydrogen-bond acceptors (Lipinski definition) is 3. The van der Waals surface area contributed by atoms with Crippen molar-refractivity contribution in [1.29, 1.82) is 0 Å². The van der Waals surface area contributed by atoms with Crippen molar-refractivity contribution in [2.24, 2.45) is 11.8 Å². The Morgan fingerprint density at radius 1 is 1.56 bits per heavy atom. The molecule has 0 amide bonds. The van der Waals surface area contributed by atoms with Gasteiger partial charge in [0.15, 0.2) is 0 Å². The van der Waals surface area contributed by atoms with Crippen LogP contribution in [0.25, 0.3) is 0 Å². The van der Waals surface area contributed by atoms with Crippen LogP contribution in [0.3, 0.4) is 0 Å². The lowest BCUT2D eigenvalue weighted by Gasteiger charge is -2.11. The van der Waals surface area contributed by atoms with Crippen LogP contribution in [-0.2, 0) is 0 Å². The first-order valence-corrected chi connectivity index (χ1v) is 5.48. The molecule has 2 atom stereocenters. The lowest BCUT2D eigenvalue weighted by Crippen LogP contribution is -2.07. The summed E-state index contributed by atoms with van der Waals surface area (Å²) >= 11 is 0. The fourth-order valence-corrected chi connectivity index (χ4v) is 1.81. The van der Waals surface area contributed by atoms with E-state index in [1.54, 1.807) is 6.07 Å². The minimum atomic E-state index is -0.327. The topological polar surface area (TPSA) is 47.3 Å². The molecule has 3 nitrogen and oxygen atoms in total. The first-order chi connectivity index (χ1) is 7.61. The van der Waals surface area contributed by atoms with Crippen molar-refractivity contribution in [2.45, 2.75) is 13.3 Å². The van der Waals surface area contributed by atoms with Crippen molar-refractivity contribution in [3.63, 3.8) is 0 Å². The van der Waals surface area contributed by atoms with Gasteiger partial charge in [0, 0.05) is 18.7 Å². The molecule has 0 aromatic heterocycles. The minimum Gasteiger partial charge on any atom is -0.495 e. The predicted octanol–water partition coefficient (Wildman–Crippen LogP) is 2.48. The molecule has 0 spiro atoms. The minimum absolute atomic E-state index is 0.324. The molecular formula is C12H17FN2O. The van der Waals surface area contributed by atoms with E-state index in [1.807, 2.05) is 0 Å². The van der Waals surface area contributed by atoms with Gasteiger partial charge >= 0.3 is 0 Å². The zero-order chi connectivity index (χ0) is 11.7. The van der Waals surface area contributed by atoms with Crippen LogP contribution in [0, 0.1) is 17.7 Å². The van der Waals surface area contributed by atoms with E-state index in [0.29, 0.717) is 23.0 Å². The predicted molar refractivity (Wildman–Crippen MR) is 63.1 cm³/mol. The summed E-state index contributed by atoms with van der Waals surface area (Å²) in [5.41, 5.74) is 6.39. The van der Waals surface area contributed by atoms with Crippen LogP contribution >= 0.6 is 0 Å². The van der Waals surface area contributed by atoms with Crippen LogP contribution in [0.4, 0.5) is 15.8 Å². The van der Waals surface area contributed by atoms with Crippen molar-refractivity contribution in [3.05, 3.63) is 17.9 Å². The Morgan fingerprint density at radius 2 is 2.25 bits per heavy atom. The number of nitrogens with two attached hydrogens (primary N) is 1. The Balaban J connectivity index is 2.07. The molecule has 3 N–H and O–H groups in total. The first kappa shape index (κ1) is 11.0. The van der Waals surface area contributed by atoms with E-state index < -0.39 is 0 Å². The van der Waals surface area contributed by atoms with Gasteiger partial charge in [0.25, 0.3) is 0 Å². The monoisotopic (exact) mass is 224 g/mol. The number of nitrogens with one attached hydrogen (secondary N) is 1. The summed E-state index contributed by atoms with van der Waals surface area (Å²) in [7, 11) is 1.52. The molecule has 0 heterocycles. The van der Waals surface area contributed by atoms with Crippen molar-refractivity contribution < 1.29 is 9.13 Å². The molecule has 2 unspecified atom stereocenters. The van der Waals surface area contributed by atoms with Gasteiger partial charge in [0.1, 0.15) is 11.6 Å². The molecule has 2 rings (SSSR count). The molecule has 1 aromatic carbocycles. The summed E-state index contributed by atoms with van der Waals surface area (Å²) in [6.07, 6.45) is 1.22. The van der Waals surface area contributed by atoms with E-state index in [-0.39, 0.29) is 5.82 Å². The van der Waals surface area contributed by atoms with Gasteiger partial charge < -0.3 is 15.8 Å². The lowest BCUT2D eigenvalue weighted by atomic mass is 10.2. The third-order valence-corrected chi connectivity index (χ3v) is 3.15. The molecular weight excluding hydrogens is 207 g/mol. The second-order valence-corrected chi connectivity index (χ2v) is 4.43. The van der Waals surface area contributed by atoms with Crippen LogP contribution in [0.15, 0.2) is 12.1 Å². The fourth-order valence-electron chi connectivity index (χ4n) is 1.81. The number of nitrogen functional groups attached to an aromatic ring is 1. The highest BCUT2D eigenvalue weighted by Crippen LogP contribution is 2.38. The highest BCUT2D eigenvalue weighted by Gasteiger charge is 2.32. The fraction of sp³-hybridized carbons (Fsp3) is 0.500. The number of hydrogen-bond donors (Lipinski definition) is 2. The Kier molecular flexibility index (Phi) is 2.90. The number of anilines is 2.